The van der Waals surface area contributed by atoms with Crippen LogP contribution in [0.3, 0.4) is 0 Å². The molecule has 2 aromatic rings. The molecule has 2 aromatic carbocycles. The van der Waals surface area contributed by atoms with E-state index in [0.717, 1.165) is 11.1 Å². The highest BCUT2D eigenvalue weighted by atomic mass is 35.6. The summed E-state index contributed by atoms with van der Waals surface area (Å²) in [5.74, 6) is -0.528. The van der Waals surface area contributed by atoms with E-state index in [9.17, 15) is 4.79 Å². The van der Waals surface area contributed by atoms with Gasteiger partial charge in [-0.3, -0.25) is 4.79 Å². The first-order valence-corrected chi connectivity index (χ1v) is 7.54. The lowest BCUT2D eigenvalue weighted by atomic mass is 10.1. The molecule has 0 saturated carbocycles. The summed E-state index contributed by atoms with van der Waals surface area (Å²) in [4.78, 5) is 13.8. The lowest BCUT2D eigenvalue weighted by Gasteiger charge is -2.26. The molecule has 0 aliphatic carbocycles. The van der Waals surface area contributed by atoms with Gasteiger partial charge in [0, 0.05) is 13.1 Å². The SMILES string of the molecule is O=C(N(Cc1ccccc1)Cc1ccccc1)C(Cl)(Cl)Cl. The van der Waals surface area contributed by atoms with Crippen LogP contribution in [0, 0.1) is 0 Å². The lowest BCUT2D eigenvalue weighted by molar-refractivity contribution is -0.131. The van der Waals surface area contributed by atoms with Gasteiger partial charge >= 0.3 is 0 Å². The van der Waals surface area contributed by atoms with Crippen molar-refractivity contribution in [1.82, 2.24) is 4.90 Å². The molecule has 1 amide bonds. The summed E-state index contributed by atoms with van der Waals surface area (Å²) in [6.45, 7) is 0.783. The Hall–Kier alpha value is -1.22. The molecule has 21 heavy (non-hydrogen) atoms. The van der Waals surface area contributed by atoms with Crippen molar-refractivity contribution < 1.29 is 4.79 Å². The first kappa shape index (κ1) is 16.2. The number of rotatable bonds is 4. The fourth-order valence-electron chi connectivity index (χ4n) is 1.99. The Bertz CT molecular complexity index is 540. The zero-order valence-corrected chi connectivity index (χ0v) is 13.4. The Morgan fingerprint density at radius 1 is 0.810 bits per heavy atom. The monoisotopic (exact) mass is 341 g/mol. The van der Waals surface area contributed by atoms with Crippen molar-refractivity contribution in [3.8, 4) is 0 Å². The van der Waals surface area contributed by atoms with Crippen molar-refractivity contribution in [2.75, 3.05) is 0 Å². The molecule has 0 saturated heterocycles. The minimum Gasteiger partial charge on any atom is -0.330 e. The Labute approximate surface area is 139 Å². The highest BCUT2D eigenvalue weighted by Gasteiger charge is 2.35. The van der Waals surface area contributed by atoms with Gasteiger partial charge in [-0.05, 0) is 11.1 Å². The van der Waals surface area contributed by atoms with Gasteiger partial charge in [0.1, 0.15) is 0 Å². The third kappa shape index (κ3) is 4.92. The molecule has 0 aromatic heterocycles. The summed E-state index contributed by atoms with van der Waals surface area (Å²) in [6, 6.07) is 19.2. The average Bonchev–Trinajstić information content (AvgIpc) is 2.47. The highest BCUT2D eigenvalue weighted by Crippen LogP contribution is 2.30. The van der Waals surface area contributed by atoms with Crippen LogP contribution in [0.4, 0.5) is 0 Å². The van der Waals surface area contributed by atoms with E-state index in [0.29, 0.717) is 13.1 Å². The predicted octanol–water partition coefficient (Wildman–Crippen LogP) is 4.59. The topological polar surface area (TPSA) is 20.3 Å². The zero-order chi connectivity index (χ0) is 15.3. The van der Waals surface area contributed by atoms with Gasteiger partial charge < -0.3 is 4.90 Å². The van der Waals surface area contributed by atoms with Crippen molar-refractivity contribution in [2.45, 2.75) is 16.9 Å². The van der Waals surface area contributed by atoms with Crippen LogP contribution in [0.2, 0.25) is 0 Å². The van der Waals surface area contributed by atoms with Crippen LogP contribution in [0.25, 0.3) is 0 Å². The van der Waals surface area contributed by atoms with E-state index in [1.807, 2.05) is 60.7 Å². The van der Waals surface area contributed by atoms with E-state index in [1.165, 1.54) is 4.90 Å². The first-order valence-electron chi connectivity index (χ1n) is 6.41. The van der Waals surface area contributed by atoms with Crippen LogP contribution in [0.5, 0.6) is 0 Å². The van der Waals surface area contributed by atoms with E-state index in [-0.39, 0.29) is 0 Å². The number of hydrogen-bond acceptors (Lipinski definition) is 1. The smallest absolute Gasteiger partial charge is 0.275 e. The van der Waals surface area contributed by atoms with Gasteiger partial charge in [0.25, 0.3) is 9.70 Å². The fourth-order valence-corrected chi connectivity index (χ4v) is 2.34. The maximum absolute atomic E-state index is 12.3. The van der Waals surface area contributed by atoms with Gasteiger partial charge in [-0.1, -0.05) is 95.5 Å². The average molecular weight is 343 g/mol. The third-order valence-electron chi connectivity index (χ3n) is 2.96. The minimum absolute atomic E-state index is 0.391. The summed E-state index contributed by atoms with van der Waals surface area (Å²) >= 11 is 17.3. The minimum atomic E-state index is -1.95. The van der Waals surface area contributed by atoms with Crippen LogP contribution >= 0.6 is 34.8 Å². The van der Waals surface area contributed by atoms with Crippen molar-refractivity contribution in [3.63, 3.8) is 0 Å². The number of hydrogen-bond donors (Lipinski definition) is 0. The molecule has 0 atom stereocenters. The van der Waals surface area contributed by atoms with E-state index in [1.54, 1.807) is 0 Å². The van der Waals surface area contributed by atoms with E-state index in [4.69, 9.17) is 34.8 Å². The maximum Gasteiger partial charge on any atom is 0.275 e. The normalized spacial score (nSPS) is 11.2. The number of nitrogens with zero attached hydrogens (tertiary/aromatic N) is 1. The van der Waals surface area contributed by atoms with Crippen LogP contribution in [0.15, 0.2) is 60.7 Å². The molecule has 0 fully saturated rings. The molecule has 0 heterocycles. The Morgan fingerprint density at radius 2 is 1.19 bits per heavy atom. The van der Waals surface area contributed by atoms with Gasteiger partial charge in [-0.2, -0.15) is 0 Å². The second-order valence-corrected chi connectivity index (χ2v) is 6.91. The van der Waals surface area contributed by atoms with Gasteiger partial charge in [-0.15, -0.1) is 0 Å². The summed E-state index contributed by atoms with van der Waals surface area (Å²) in [7, 11) is 0. The van der Waals surface area contributed by atoms with Crippen molar-refractivity contribution in [3.05, 3.63) is 71.8 Å². The number of carbonyl (C=O) groups excluding carboxylic acids is 1. The predicted molar refractivity (Wildman–Crippen MR) is 87.4 cm³/mol. The summed E-state index contributed by atoms with van der Waals surface area (Å²) in [5.41, 5.74) is 1.96. The van der Waals surface area contributed by atoms with E-state index >= 15 is 0 Å². The Balaban J connectivity index is 2.20. The Morgan fingerprint density at radius 3 is 1.52 bits per heavy atom. The molecule has 0 radical (unpaired) electrons. The first-order chi connectivity index (χ1) is 9.97. The second kappa shape index (κ2) is 7.17. The molecular formula is C16H14Cl3NO. The standard InChI is InChI=1S/C16H14Cl3NO/c17-16(18,19)15(21)20(11-13-7-3-1-4-8-13)12-14-9-5-2-6-10-14/h1-10H,11-12H2. The zero-order valence-electron chi connectivity index (χ0n) is 11.2. The molecule has 0 spiro atoms. The number of benzene rings is 2. The second-order valence-electron chi connectivity index (χ2n) is 4.63. The van der Waals surface area contributed by atoms with Gasteiger partial charge in [-0.25, -0.2) is 0 Å². The van der Waals surface area contributed by atoms with Gasteiger partial charge in [0.2, 0.25) is 0 Å². The van der Waals surface area contributed by atoms with Gasteiger partial charge in [0.15, 0.2) is 0 Å². The molecular weight excluding hydrogens is 329 g/mol. The van der Waals surface area contributed by atoms with Crippen LogP contribution < -0.4 is 0 Å². The summed E-state index contributed by atoms with van der Waals surface area (Å²) < 4.78 is -1.95. The number of halogens is 3. The summed E-state index contributed by atoms with van der Waals surface area (Å²) in [5, 5.41) is 0. The molecule has 2 nitrogen and oxygen atoms in total. The fraction of sp³-hybridized carbons (Fsp3) is 0.188. The molecule has 110 valence electrons. The van der Waals surface area contributed by atoms with E-state index < -0.39 is 9.70 Å². The molecule has 0 unspecified atom stereocenters. The molecule has 0 aliphatic rings. The molecule has 5 heteroatoms. The molecule has 0 bridgehead atoms. The van der Waals surface area contributed by atoms with Crippen molar-refractivity contribution >= 4 is 40.7 Å². The summed E-state index contributed by atoms with van der Waals surface area (Å²) in [6.07, 6.45) is 0. The number of alkyl halides is 3. The number of carbonyl (C=O) groups is 1. The molecule has 0 N–H and O–H groups in total. The van der Waals surface area contributed by atoms with Crippen LogP contribution in [-0.2, 0) is 17.9 Å². The highest BCUT2D eigenvalue weighted by molar-refractivity contribution is 6.76. The maximum atomic E-state index is 12.3. The largest absolute Gasteiger partial charge is 0.330 e. The molecule has 2 rings (SSSR count). The van der Waals surface area contributed by atoms with Crippen molar-refractivity contribution in [1.29, 1.82) is 0 Å². The van der Waals surface area contributed by atoms with Crippen LogP contribution in [0.1, 0.15) is 11.1 Å². The van der Waals surface area contributed by atoms with Crippen LogP contribution in [-0.4, -0.2) is 14.6 Å². The third-order valence-corrected chi connectivity index (χ3v) is 3.45. The number of amides is 1. The lowest BCUT2D eigenvalue weighted by Crippen LogP contribution is -2.38. The van der Waals surface area contributed by atoms with Crippen molar-refractivity contribution in [2.24, 2.45) is 0 Å². The Kier molecular flexibility index (Phi) is 5.51. The molecule has 0 aliphatic heterocycles. The van der Waals surface area contributed by atoms with Gasteiger partial charge in [0.05, 0.1) is 0 Å². The quantitative estimate of drug-likeness (QED) is 0.744. The van der Waals surface area contributed by atoms with E-state index in [2.05, 4.69) is 0 Å².